The Bertz CT molecular complexity index is 1020. The summed E-state index contributed by atoms with van der Waals surface area (Å²) in [6.45, 7) is 11.8. The Hall–Kier alpha value is -0.930. The monoisotopic (exact) mass is 550 g/mol. The Morgan fingerprint density at radius 1 is 0.968 bits per heavy atom. The van der Waals surface area contributed by atoms with E-state index in [0.29, 0.717) is 13.9 Å². The molecule has 31 heavy (non-hydrogen) atoms. The third kappa shape index (κ3) is 5.19. The van der Waals surface area contributed by atoms with Gasteiger partial charge in [-0.3, -0.25) is 0 Å². The topological polar surface area (TPSA) is 18.5 Å². The van der Waals surface area contributed by atoms with Crippen molar-refractivity contribution < 1.29 is 55.2 Å². The summed E-state index contributed by atoms with van der Waals surface area (Å²) in [5.74, 6) is 2.11. The van der Waals surface area contributed by atoms with E-state index in [4.69, 9.17) is 9.16 Å². The number of benzene rings is 2. The fourth-order valence-corrected chi connectivity index (χ4v) is 13.0. The SMILES string of the molecule is C[CH]=[Zr+2]([CH]1C=Cc2ccccc21)[CH]1C(OCC)=C(O[Si](C)(C)C)c2ccccc21.[Cl-].[Cl-]. The van der Waals surface area contributed by atoms with E-state index in [2.05, 4.69) is 97.9 Å². The van der Waals surface area contributed by atoms with Gasteiger partial charge < -0.3 is 24.8 Å². The van der Waals surface area contributed by atoms with Crippen molar-refractivity contribution >= 4 is 23.9 Å². The molecule has 0 aliphatic heterocycles. The van der Waals surface area contributed by atoms with E-state index >= 15 is 0 Å². The van der Waals surface area contributed by atoms with Crippen LogP contribution in [0.4, 0.5) is 0 Å². The van der Waals surface area contributed by atoms with Gasteiger partial charge >= 0.3 is 184 Å². The van der Waals surface area contributed by atoms with Crippen molar-refractivity contribution in [2.75, 3.05) is 6.61 Å². The second kappa shape index (κ2) is 10.8. The van der Waals surface area contributed by atoms with Crippen LogP contribution in [-0.2, 0) is 30.4 Å². The van der Waals surface area contributed by atoms with Crippen molar-refractivity contribution in [3.8, 4) is 0 Å². The molecule has 2 nitrogen and oxygen atoms in total. The molecule has 164 valence electrons. The molecule has 0 amide bonds. The van der Waals surface area contributed by atoms with E-state index < -0.39 is 29.6 Å². The molecular formula is C25H30Cl2O2SiZr. The first kappa shape index (κ1) is 26.3. The fraction of sp³-hybridized carbons (Fsp3) is 0.320. The average Bonchev–Trinajstić information content (AvgIpc) is 3.24. The molecule has 6 heteroatoms. The van der Waals surface area contributed by atoms with Crippen LogP contribution in [0.2, 0.25) is 19.6 Å². The zero-order chi connectivity index (χ0) is 20.6. The molecule has 0 saturated carbocycles. The van der Waals surface area contributed by atoms with E-state index in [-0.39, 0.29) is 24.8 Å². The number of fused-ring (bicyclic) bond motifs is 2. The minimum atomic E-state index is -2.18. The van der Waals surface area contributed by atoms with Crippen LogP contribution in [0.5, 0.6) is 0 Å². The van der Waals surface area contributed by atoms with Gasteiger partial charge in [-0.1, -0.05) is 0 Å². The predicted molar refractivity (Wildman–Crippen MR) is 122 cm³/mol. The van der Waals surface area contributed by atoms with Gasteiger partial charge in [0, 0.05) is 0 Å². The summed E-state index contributed by atoms with van der Waals surface area (Å²) in [5, 5.41) is 0. The normalized spacial score (nSPS) is 18.7. The summed E-state index contributed by atoms with van der Waals surface area (Å²) in [4.78, 5) is 0. The van der Waals surface area contributed by atoms with Crippen molar-refractivity contribution in [3.05, 3.63) is 82.6 Å². The second-order valence-corrected chi connectivity index (χ2v) is 19.9. The smallest absolute Gasteiger partial charge is 1.00 e. The second-order valence-electron chi connectivity index (χ2n) is 8.62. The third-order valence-corrected chi connectivity index (χ3v) is 14.0. The Kier molecular flexibility index (Phi) is 9.16. The fourth-order valence-electron chi connectivity index (χ4n) is 4.47. The maximum absolute atomic E-state index is 6.64. The zero-order valence-corrected chi connectivity index (χ0v) is 23.8. The first-order chi connectivity index (χ1) is 13.9. The molecule has 0 N–H and O–H groups in total. The van der Waals surface area contributed by atoms with Crippen LogP contribution in [0.15, 0.2) is 60.4 Å². The molecule has 0 heterocycles. The Morgan fingerprint density at radius 3 is 2.26 bits per heavy atom. The first-order valence-corrected chi connectivity index (χ1v) is 18.2. The molecule has 2 aromatic rings. The summed E-state index contributed by atoms with van der Waals surface area (Å²) in [7, 11) is -1.77. The predicted octanol–water partition coefficient (Wildman–Crippen LogP) is 0.514. The van der Waals surface area contributed by atoms with E-state index in [1.165, 1.54) is 22.3 Å². The number of halogens is 2. The van der Waals surface area contributed by atoms with Crippen LogP contribution < -0.4 is 24.8 Å². The third-order valence-electron chi connectivity index (χ3n) is 5.54. The van der Waals surface area contributed by atoms with E-state index in [1.807, 2.05) is 0 Å². The Morgan fingerprint density at radius 2 is 1.61 bits per heavy atom. The van der Waals surface area contributed by atoms with E-state index in [9.17, 15) is 0 Å². The van der Waals surface area contributed by atoms with Crippen molar-refractivity contribution in [3.63, 3.8) is 0 Å². The number of rotatable bonds is 6. The van der Waals surface area contributed by atoms with E-state index in [1.54, 1.807) is 0 Å². The minimum absolute atomic E-state index is 0. The molecule has 0 fully saturated rings. The average molecular weight is 553 g/mol. The zero-order valence-electron chi connectivity index (χ0n) is 18.8. The van der Waals surface area contributed by atoms with Gasteiger partial charge in [0.25, 0.3) is 0 Å². The van der Waals surface area contributed by atoms with Crippen molar-refractivity contribution in [2.24, 2.45) is 0 Å². The number of ether oxygens (including phenoxy) is 1. The first-order valence-electron chi connectivity index (χ1n) is 10.5. The van der Waals surface area contributed by atoms with Crippen molar-refractivity contribution in [2.45, 2.75) is 40.7 Å². The van der Waals surface area contributed by atoms with Crippen LogP contribution in [0, 0.1) is 0 Å². The molecular weight excluding hydrogens is 522 g/mol. The maximum Gasteiger partial charge on any atom is -1.00 e. The quantitative estimate of drug-likeness (QED) is 0.487. The summed E-state index contributed by atoms with van der Waals surface area (Å²) in [5.41, 5.74) is 5.53. The molecule has 0 aromatic heterocycles. The number of allylic oxidation sites excluding steroid dienone is 2. The van der Waals surface area contributed by atoms with Crippen LogP contribution in [0.1, 0.15) is 43.4 Å². The van der Waals surface area contributed by atoms with E-state index in [0.717, 1.165) is 11.5 Å². The van der Waals surface area contributed by atoms with Crippen LogP contribution in [-0.4, -0.2) is 18.6 Å². The molecule has 2 aromatic carbocycles. The van der Waals surface area contributed by atoms with Gasteiger partial charge in [0.1, 0.15) is 0 Å². The maximum atomic E-state index is 6.64. The molecule has 0 bridgehead atoms. The standard InChI is InChI=1S/C14H19O2Si.C9H7.C2H4.2ClH.Zr/c1-5-15-13-10-11-8-6-7-9-12(11)14(13)16-17(2,3)4;1-2-5-9-7-3-6-8(9)4-1;1-2;;;/h6-10H,5H2,1-4H3;1-7H;1H,2H3;2*1H;/q;;;;;+2/p-2. The van der Waals surface area contributed by atoms with Gasteiger partial charge in [-0.15, -0.1) is 0 Å². The molecule has 2 atom stereocenters. The summed E-state index contributed by atoms with van der Waals surface area (Å²) in [6, 6.07) is 17.7. The van der Waals surface area contributed by atoms with Crippen molar-refractivity contribution in [1.82, 2.24) is 0 Å². The molecule has 0 saturated heterocycles. The Labute approximate surface area is 207 Å². The van der Waals surface area contributed by atoms with Gasteiger partial charge in [0.2, 0.25) is 0 Å². The molecule has 2 unspecified atom stereocenters. The Balaban J connectivity index is 0.00000171. The van der Waals surface area contributed by atoms with Crippen LogP contribution in [0.25, 0.3) is 11.8 Å². The number of hydrogen-bond donors (Lipinski definition) is 0. The molecule has 2 aliphatic carbocycles. The number of hydrogen-bond acceptors (Lipinski definition) is 2. The van der Waals surface area contributed by atoms with Gasteiger partial charge in [-0.2, -0.15) is 0 Å². The largest absolute Gasteiger partial charge is 1.00 e. The van der Waals surface area contributed by atoms with Gasteiger partial charge in [0.05, 0.1) is 0 Å². The molecule has 2 aliphatic rings. The molecule has 0 spiro atoms. The van der Waals surface area contributed by atoms with Crippen molar-refractivity contribution in [1.29, 1.82) is 0 Å². The minimum Gasteiger partial charge on any atom is -1.00 e. The van der Waals surface area contributed by atoms with Gasteiger partial charge in [-0.25, -0.2) is 0 Å². The summed E-state index contributed by atoms with van der Waals surface area (Å²) < 4.78 is 16.5. The van der Waals surface area contributed by atoms with Crippen LogP contribution in [0.3, 0.4) is 0 Å². The molecule has 4 rings (SSSR count). The van der Waals surface area contributed by atoms with Gasteiger partial charge in [0.15, 0.2) is 0 Å². The molecule has 0 radical (unpaired) electrons. The summed E-state index contributed by atoms with van der Waals surface area (Å²) in [6.07, 6.45) is 4.76. The summed E-state index contributed by atoms with van der Waals surface area (Å²) >= 11 is -2.18. The van der Waals surface area contributed by atoms with Gasteiger partial charge in [-0.05, 0) is 0 Å². The van der Waals surface area contributed by atoms with Crippen LogP contribution >= 0.6 is 0 Å².